The van der Waals surface area contributed by atoms with Gasteiger partial charge in [0, 0.05) is 0 Å². The summed E-state index contributed by atoms with van der Waals surface area (Å²) in [4.78, 5) is 0. The van der Waals surface area contributed by atoms with E-state index in [9.17, 15) is 25.5 Å². The third-order valence-electron chi connectivity index (χ3n) is 3.98. The summed E-state index contributed by atoms with van der Waals surface area (Å²) in [6, 6.07) is 0. The van der Waals surface area contributed by atoms with Crippen LogP contribution in [0.1, 0.15) is 73.6 Å². The van der Waals surface area contributed by atoms with Crippen molar-refractivity contribution in [3.05, 3.63) is 0 Å². The molecule has 0 aliphatic rings. The highest BCUT2D eigenvalue weighted by Crippen LogP contribution is 2.25. The van der Waals surface area contributed by atoms with Crippen molar-refractivity contribution in [1.82, 2.24) is 0 Å². The molecule has 0 saturated heterocycles. The van der Waals surface area contributed by atoms with Crippen LogP contribution in [0.5, 0.6) is 0 Å². The van der Waals surface area contributed by atoms with Crippen molar-refractivity contribution in [1.29, 1.82) is 0 Å². The molecule has 23 heavy (non-hydrogen) atoms. The molecule has 0 aromatic rings. The minimum absolute atomic E-state index is 0.0168. The highest BCUT2D eigenvalue weighted by molar-refractivity contribution is 4.78. The molecule has 5 unspecified atom stereocenters. The zero-order valence-corrected chi connectivity index (χ0v) is 15.7. The van der Waals surface area contributed by atoms with E-state index >= 15 is 0 Å². The summed E-state index contributed by atoms with van der Waals surface area (Å²) in [5.41, 5.74) is -0.334. The maximum Gasteiger partial charge on any atom is 0.0613 e. The smallest absolute Gasteiger partial charge is 0.0613 e. The number of hydrogen-bond donors (Lipinski definition) is 5. The minimum atomic E-state index is -0.853. The molecule has 0 aliphatic carbocycles. The molecule has 0 aromatic heterocycles. The lowest BCUT2D eigenvalue weighted by atomic mass is 9.84. The van der Waals surface area contributed by atoms with E-state index in [2.05, 4.69) is 0 Å². The van der Waals surface area contributed by atoms with Crippen LogP contribution in [0.15, 0.2) is 0 Å². The fourth-order valence-electron chi connectivity index (χ4n) is 2.63. The van der Waals surface area contributed by atoms with E-state index in [-0.39, 0.29) is 36.5 Å². The molecule has 0 radical (unpaired) electrons. The lowest BCUT2D eigenvalue weighted by Gasteiger charge is -2.29. The van der Waals surface area contributed by atoms with E-state index in [1.807, 2.05) is 41.5 Å². The molecule has 5 atom stereocenters. The van der Waals surface area contributed by atoms with Gasteiger partial charge in [-0.3, -0.25) is 0 Å². The van der Waals surface area contributed by atoms with Gasteiger partial charge in [-0.25, -0.2) is 0 Å². The SMILES string of the molecule is CC(C)(C)CC(O)CC(O)CC(O)CC(O)CC(O)C(C)(C)C. The Balaban J connectivity index is 4.15. The maximum atomic E-state index is 9.97. The molecule has 140 valence electrons. The van der Waals surface area contributed by atoms with Crippen LogP contribution in [0, 0.1) is 10.8 Å². The van der Waals surface area contributed by atoms with Gasteiger partial charge < -0.3 is 25.5 Å². The Morgan fingerprint density at radius 3 is 1.26 bits per heavy atom. The predicted octanol–water partition coefficient (Wildman–Crippen LogP) is 1.83. The highest BCUT2D eigenvalue weighted by atomic mass is 16.3. The molecule has 0 rings (SSSR count). The van der Waals surface area contributed by atoms with Gasteiger partial charge in [0.15, 0.2) is 0 Å². The number of hydrogen-bond acceptors (Lipinski definition) is 5. The first kappa shape index (κ1) is 22.8. The van der Waals surface area contributed by atoms with Crippen LogP contribution in [-0.2, 0) is 0 Å². The fourth-order valence-corrected chi connectivity index (χ4v) is 2.63. The second-order valence-corrected chi connectivity index (χ2v) is 9.20. The summed E-state index contributed by atoms with van der Waals surface area (Å²) in [7, 11) is 0. The first-order chi connectivity index (χ1) is 10.2. The second kappa shape index (κ2) is 9.33. The average molecular weight is 334 g/mol. The zero-order chi connectivity index (χ0) is 18.4. The molecule has 0 saturated carbocycles. The standard InChI is InChI=1S/C18H38O5/c1-17(2,3)11-15(22)9-13(20)7-12(19)8-14(21)10-16(23)18(4,5)6/h12-16,19-23H,7-11H2,1-6H3. The molecule has 5 N–H and O–H groups in total. The van der Waals surface area contributed by atoms with Crippen molar-refractivity contribution in [2.75, 3.05) is 0 Å². The van der Waals surface area contributed by atoms with Crippen LogP contribution in [-0.4, -0.2) is 56.1 Å². The van der Waals surface area contributed by atoms with Crippen molar-refractivity contribution in [3.63, 3.8) is 0 Å². The van der Waals surface area contributed by atoms with Gasteiger partial charge in [-0.15, -0.1) is 0 Å². The normalized spacial score (nSPS) is 20.0. The lowest BCUT2D eigenvalue weighted by Crippen LogP contribution is -2.32. The molecule has 0 bridgehead atoms. The van der Waals surface area contributed by atoms with Gasteiger partial charge in [0.05, 0.1) is 30.5 Å². The van der Waals surface area contributed by atoms with Crippen LogP contribution in [0.4, 0.5) is 0 Å². The lowest BCUT2D eigenvalue weighted by molar-refractivity contribution is -0.0164. The fraction of sp³-hybridized carbons (Fsp3) is 1.00. The Hall–Kier alpha value is -0.200. The number of aliphatic hydroxyl groups excluding tert-OH is 5. The van der Waals surface area contributed by atoms with Crippen LogP contribution >= 0.6 is 0 Å². The van der Waals surface area contributed by atoms with E-state index in [4.69, 9.17) is 0 Å². The molecule has 5 nitrogen and oxygen atoms in total. The van der Waals surface area contributed by atoms with Gasteiger partial charge in [-0.2, -0.15) is 0 Å². The summed E-state index contributed by atoms with van der Waals surface area (Å²) in [6.45, 7) is 11.7. The van der Waals surface area contributed by atoms with Gasteiger partial charge in [0.1, 0.15) is 0 Å². The Morgan fingerprint density at radius 2 is 0.913 bits per heavy atom. The van der Waals surface area contributed by atoms with E-state index in [1.165, 1.54) is 0 Å². The summed E-state index contributed by atoms with van der Waals surface area (Å²) in [5, 5.41) is 49.8. The van der Waals surface area contributed by atoms with E-state index in [1.54, 1.807) is 0 Å². The monoisotopic (exact) mass is 334 g/mol. The van der Waals surface area contributed by atoms with Gasteiger partial charge in [-0.05, 0) is 42.9 Å². The predicted molar refractivity (Wildman–Crippen MR) is 92.0 cm³/mol. The average Bonchev–Trinajstić information content (AvgIpc) is 2.22. The summed E-state index contributed by atoms with van der Waals surface area (Å²) >= 11 is 0. The third-order valence-corrected chi connectivity index (χ3v) is 3.98. The van der Waals surface area contributed by atoms with E-state index in [0.717, 1.165) is 0 Å². The van der Waals surface area contributed by atoms with E-state index in [0.29, 0.717) is 6.42 Å². The van der Waals surface area contributed by atoms with E-state index < -0.39 is 30.5 Å². The second-order valence-electron chi connectivity index (χ2n) is 9.20. The molecule has 0 heterocycles. The summed E-state index contributed by atoms with van der Waals surface area (Å²) in [5.74, 6) is 0. The van der Waals surface area contributed by atoms with Crippen LogP contribution in [0.3, 0.4) is 0 Å². The van der Waals surface area contributed by atoms with Crippen LogP contribution in [0.25, 0.3) is 0 Å². The number of aliphatic hydroxyl groups is 5. The molecule has 5 heteroatoms. The number of rotatable bonds is 9. The molecule has 0 aliphatic heterocycles. The first-order valence-corrected chi connectivity index (χ1v) is 8.61. The van der Waals surface area contributed by atoms with Gasteiger partial charge in [0.2, 0.25) is 0 Å². The molecular formula is C18H38O5. The van der Waals surface area contributed by atoms with Crippen molar-refractivity contribution < 1.29 is 25.5 Å². The zero-order valence-electron chi connectivity index (χ0n) is 15.7. The van der Waals surface area contributed by atoms with Crippen molar-refractivity contribution in [2.45, 2.75) is 104 Å². The molecular weight excluding hydrogens is 296 g/mol. The minimum Gasteiger partial charge on any atom is -0.393 e. The van der Waals surface area contributed by atoms with Crippen LogP contribution in [0.2, 0.25) is 0 Å². The quantitative estimate of drug-likeness (QED) is 0.443. The van der Waals surface area contributed by atoms with Gasteiger partial charge in [0.25, 0.3) is 0 Å². The van der Waals surface area contributed by atoms with Crippen LogP contribution < -0.4 is 0 Å². The van der Waals surface area contributed by atoms with Gasteiger partial charge in [-0.1, -0.05) is 41.5 Å². The topological polar surface area (TPSA) is 101 Å². The molecule has 0 aromatic carbocycles. The Morgan fingerprint density at radius 1 is 0.565 bits per heavy atom. The summed E-state index contributed by atoms with van der Waals surface area (Å²) in [6.07, 6.45) is -2.50. The van der Waals surface area contributed by atoms with Crippen molar-refractivity contribution in [2.24, 2.45) is 10.8 Å². The Bertz CT molecular complexity index is 318. The van der Waals surface area contributed by atoms with Crippen molar-refractivity contribution in [3.8, 4) is 0 Å². The highest BCUT2D eigenvalue weighted by Gasteiger charge is 2.27. The largest absolute Gasteiger partial charge is 0.393 e. The molecule has 0 spiro atoms. The van der Waals surface area contributed by atoms with Crippen molar-refractivity contribution >= 4 is 0 Å². The Labute approximate surface area is 141 Å². The molecule has 0 amide bonds. The third kappa shape index (κ3) is 11.9. The molecule has 0 fully saturated rings. The first-order valence-electron chi connectivity index (χ1n) is 8.61. The maximum absolute atomic E-state index is 9.97. The summed E-state index contributed by atoms with van der Waals surface area (Å²) < 4.78 is 0. The van der Waals surface area contributed by atoms with Gasteiger partial charge >= 0.3 is 0 Å². The Kier molecular flexibility index (Phi) is 9.25.